The van der Waals surface area contributed by atoms with E-state index < -0.39 is 0 Å². The second-order valence-corrected chi connectivity index (χ2v) is 6.98. The average Bonchev–Trinajstić information content (AvgIpc) is 2.44. The van der Waals surface area contributed by atoms with Crippen molar-refractivity contribution in [3.63, 3.8) is 0 Å². The van der Waals surface area contributed by atoms with Crippen molar-refractivity contribution in [1.29, 1.82) is 0 Å². The molecule has 3 rings (SSSR count). The van der Waals surface area contributed by atoms with Crippen LogP contribution in [0.3, 0.4) is 0 Å². The second kappa shape index (κ2) is 5.55. The van der Waals surface area contributed by atoms with Crippen molar-refractivity contribution in [3.8, 4) is 0 Å². The third-order valence-corrected chi connectivity index (χ3v) is 5.47. The molecule has 2 atom stereocenters. The van der Waals surface area contributed by atoms with E-state index in [0.29, 0.717) is 24.2 Å². The van der Waals surface area contributed by atoms with E-state index in [-0.39, 0.29) is 0 Å². The van der Waals surface area contributed by atoms with Gasteiger partial charge in [0.05, 0.1) is 12.7 Å². The quantitative estimate of drug-likeness (QED) is 0.911. The van der Waals surface area contributed by atoms with E-state index in [1.807, 2.05) is 6.07 Å². The zero-order valence-electron chi connectivity index (χ0n) is 11.3. The van der Waals surface area contributed by atoms with Crippen LogP contribution < -0.4 is 5.73 Å². The summed E-state index contributed by atoms with van der Waals surface area (Å²) in [5.41, 5.74) is 7.82. The maximum Gasteiger partial charge on any atom is 0.0721 e. The SMILES string of the molecule is NC1CC(OCc2cccc(Br)c2)C12CCCCC2. The molecule has 1 aromatic rings. The van der Waals surface area contributed by atoms with E-state index in [9.17, 15) is 0 Å². The van der Waals surface area contributed by atoms with Crippen LogP contribution >= 0.6 is 15.9 Å². The molecule has 2 aliphatic carbocycles. The van der Waals surface area contributed by atoms with Crippen LogP contribution in [0, 0.1) is 5.41 Å². The van der Waals surface area contributed by atoms with Gasteiger partial charge < -0.3 is 10.5 Å². The number of hydrogen-bond donors (Lipinski definition) is 1. The van der Waals surface area contributed by atoms with Crippen LogP contribution in [0.4, 0.5) is 0 Å². The first-order chi connectivity index (χ1) is 9.21. The monoisotopic (exact) mass is 323 g/mol. The fourth-order valence-electron chi connectivity index (χ4n) is 3.74. The van der Waals surface area contributed by atoms with Gasteiger partial charge in [0.2, 0.25) is 0 Å². The predicted octanol–water partition coefficient (Wildman–Crippen LogP) is 4.02. The molecule has 2 N–H and O–H groups in total. The summed E-state index contributed by atoms with van der Waals surface area (Å²) in [5.74, 6) is 0. The van der Waals surface area contributed by atoms with E-state index in [4.69, 9.17) is 10.5 Å². The number of benzene rings is 1. The normalized spacial score (nSPS) is 29.2. The standard InChI is InChI=1S/C16H22BrNO/c17-13-6-4-5-12(9-13)11-19-15-10-14(18)16(15)7-2-1-3-8-16/h4-6,9,14-15H,1-3,7-8,10-11,18H2. The molecule has 0 bridgehead atoms. The minimum absolute atomic E-state index is 0.296. The summed E-state index contributed by atoms with van der Waals surface area (Å²) in [6.07, 6.45) is 7.95. The zero-order valence-corrected chi connectivity index (χ0v) is 12.9. The van der Waals surface area contributed by atoms with Crippen molar-refractivity contribution in [3.05, 3.63) is 34.3 Å². The highest BCUT2D eigenvalue weighted by molar-refractivity contribution is 9.10. The number of ether oxygens (including phenoxy) is 1. The van der Waals surface area contributed by atoms with Crippen LogP contribution in [0.2, 0.25) is 0 Å². The Balaban J connectivity index is 1.61. The number of rotatable bonds is 3. The van der Waals surface area contributed by atoms with Crippen molar-refractivity contribution in [2.75, 3.05) is 0 Å². The van der Waals surface area contributed by atoms with Gasteiger partial charge in [0, 0.05) is 15.9 Å². The average molecular weight is 324 g/mol. The van der Waals surface area contributed by atoms with Gasteiger partial charge in [-0.05, 0) is 37.0 Å². The van der Waals surface area contributed by atoms with Crippen molar-refractivity contribution < 1.29 is 4.74 Å². The Kier molecular flexibility index (Phi) is 3.97. The van der Waals surface area contributed by atoms with Crippen molar-refractivity contribution in [2.45, 2.75) is 57.3 Å². The Morgan fingerprint density at radius 2 is 2.05 bits per heavy atom. The highest BCUT2D eigenvalue weighted by atomic mass is 79.9. The van der Waals surface area contributed by atoms with Gasteiger partial charge in [-0.3, -0.25) is 0 Å². The Hall–Kier alpha value is -0.380. The summed E-state index contributed by atoms with van der Waals surface area (Å²) in [4.78, 5) is 0. The first kappa shape index (κ1) is 13.6. The second-order valence-electron chi connectivity index (χ2n) is 6.07. The Morgan fingerprint density at radius 1 is 1.26 bits per heavy atom. The predicted molar refractivity (Wildman–Crippen MR) is 80.8 cm³/mol. The highest BCUT2D eigenvalue weighted by Gasteiger charge is 2.53. The number of hydrogen-bond acceptors (Lipinski definition) is 2. The van der Waals surface area contributed by atoms with Crippen LogP contribution in [0.15, 0.2) is 28.7 Å². The molecule has 104 valence electrons. The molecule has 2 fully saturated rings. The smallest absolute Gasteiger partial charge is 0.0721 e. The molecule has 0 aromatic heterocycles. The largest absolute Gasteiger partial charge is 0.373 e. The lowest BCUT2D eigenvalue weighted by Gasteiger charge is -2.56. The van der Waals surface area contributed by atoms with Gasteiger partial charge in [0.25, 0.3) is 0 Å². The molecule has 19 heavy (non-hydrogen) atoms. The van der Waals surface area contributed by atoms with Gasteiger partial charge in [-0.2, -0.15) is 0 Å². The van der Waals surface area contributed by atoms with Gasteiger partial charge in [-0.25, -0.2) is 0 Å². The fraction of sp³-hybridized carbons (Fsp3) is 0.625. The van der Waals surface area contributed by atoms with Crippen molar-refractivity contribution in [2.24, 2.45) is 11.1 Å². The molecule has 1 spiro atoms. The van der Waals surface area contributed by atoms with Gasteiger partial charge in [-0.1, -0.05) is 47.3 Å². The molecular formula is C16H22BrNO. The van der Waals surface area contributed by atoms with Crippen molar-refractivity contribution in [1.82, 2.24) is 0 Å². The van der Waals surface area contributed by atoms with E-state index in [0.717, 1.165) is 10.9 Å². The third-order valence-electron chi connectivity index (χ3n) is 4.97. The minimum Gasteiger partial charge on any atom is -0.373 e. The third kappa shape index (κ3) is 2.61. The molecule has 2 unspecified atom stereocenters. The molecule has 0 amide bonds. The van der Waals surface area contributed by atoms with Gasteiger partial charge in [0.15, 0.2) is 0 Å². The molecule has 1 aromatic carbocycles. The summed E-state index contributed by atoms with van der Waals surface area (Å²) < 4.78 is 7.30. The van der Waals surface area contributed by atoms with Crippen molar-refractivity contribution >= 4 is 15.9 Å². The van der Waals surface area contributed by atoms with Crippen LogP contribution in [0.5, 0.6) is 0 Å². The summed E-state index contributed by atoms with van der Waals surface area (Å²) in [7, 11) is 0. The van der Waals surface area contributed by atoms with Crippen LogP contribution in [0.1, 0.15) is 44.1 Å². The van der Waals surface area contributed by atoms with Crippen LogP contribution in [-0.4, -0.2) is 12.1 Å². The molecule has 2 aliphatic rings. The lowest BCUT2D eigenvalue weighted by atomic mass is 9.55. The van der Waals surface area contributed by atoms with Crippen LogP contribution in [0.25, 0.3) is 0 Å². The first-order valence-electron chi connectivity index (χ1n) is 7.32. The lowest BCUT2D eigenvalue weighted by Crippen LogP contribution is -2.62. The maximum atomic E-state index is 6.28. The highest BCUT2D eigenvalue weighted by Crippen LogP contribution is 2.52. The van der Waals surface area contributed by atoms with E-state index in [1.54, 1.807) is 0 Å². The Bertz CT molecular complexity index is 442. The number of nitrogens with two attached hydrogens (primary N) is 1. The molecule has 2 nitrogen and oxygen atoms in total. The van der Waals surface area contributed by atoms with E-state index in [2.05, 4.69) is 34.1 Å². The number of halogens is 1. The molecule has 2 saturated carbocycles. The minimum atomic E-state index is 0.296. The topological polar surface area (TPSA) is 35.2 Å². The van der Waals surface area contributed by atoms with Gasteiger partial charge in [0.1, 0.15) is 0 Å². The zero-order chi connectivity index (χ0) is 13.3. The first-order valence-corrected chi connectivity index (χ1v) is 8.12. The molecule has 0 radical (unpaired) electrons. The van der Waals surface area contributed by atoms with E-state index in [1.165, 1.54) is 37.7 Å². The van der Waals surface area contributed by atoms with Crippen LogP contribution in [-0.2, 0) is 11.3 Å². The fourth-order valence-corrected chi connectivity index (χ4v) is 4.19. The van der Waals surface area contributed by atoms with Gasteiger partial charge in [-0.15, -0.1) is 0 Å². The summed E-state index contributed by atoms with van der Waals surface area (Å²) >= 11 is 3.50. The molecule has 3 heteroatoms. The summed E-state index contributed by atoms with van der Waals surface area (Å²) in [6.45, 7) is 0.707. The molecular weight excluding hydrogens is 302 g/mol. The Labute approximate surface area is 123 Å². The maximum absolute atomic E-state index is 6.28. The molecule has 0 heterocycles. The molecule has 0 saturated heterocycles. The molecule has 0 aliphatic heterocycles. The Morgan fingerprint density at radius 3 is 2.74 bits per heavy atom. The lowest BCUT2D eigenvalue weighted by molar-refractivity contribution is -0.149. The summed E-state index contributed by atoms with van der Waals surface area (Å²) in [6, 6.07) is 8.72. The summed E-state index contributed by atoms with van der Waals surface area (Å²) in [5, 5.41) is 0. The van der Waals surface area contributed by atoms with Gasteiger partial charge >= 0.3 is 0 Å². The van der Waals surface area contributed by atoms with E-state index >= 15 is 0 Å².